The van der Waals surface area contributed by atoms with Crippen molar-refractivity contribution in [3.63, 3.8) is 0 Å². The highest BCUT2D eigenvalue weighted by molar-refractivity contribution is 5.80. The highest BCUT2D eigenvalue weighted by Gasteiger charge is 2.34. The van der Waals surface area contributed by atoms with Gasteiger partial charge in [-0.2, -0.15) is 0 Å². The molecule has 1 amide bonds. The number of ether oxygens (including phenoxy) is 1. The van der Waals surface area contributed by atoms with Gasteiger partial charge in [-0.05, 0) is 7.05 Å². The van der Waals surface area contributed by atoms with E-state index in [1.54, 1.807) is 11.9 Å². The molecule has 0 radical (unpaired) electrons. The van der Waals surface area contributed by atoms with Crippen LogP contribution in [0.2, 0.25) is 0 Å². The van der Waals surface area contributed by atoms with Crippen LogP contribution in [0, 0.1) is 18.3 Å². The first kappa shape index (κ1) is 11.0. The second-order valence-corrected chi connectivity index (χ2v) is 3.44. The predicted molar refractivity (Wildman–Crippen MR) is 53.6 cm³/mol. The summed E-state index contributed by atoms with van der Waals surface area (Å²) in [6.45, 7) is 1.43. The summed E-state index contributed by atoms with van der Waals surface area (Å²) >= 11 is 0. The Morgan fingerprint density at radius 3 is 3.00 bits per heavy atom. The molecule has 2 atom stereocenters. The van der Waals surface area contributed by atoms with Gasteiger partial charge < -0.3 is 15.0 Å². The van der Waals surface area contributed by atoms with Crippen LogP contribution in [0.3, 0.4) is 0 Å². The van der Waals surface area contributed by atoms with Gasteiger partial charge in [0.15, 0.2) is 0 Å². The first-order chi connectivity index (χ1) is 6.70. The molecular formula is C10H16N2O2. The Balaban J connectivity index is 2.55. The molecule has 0 aromatic heterocycles. The lowest BCUT2D eigenvalue weighted by atomic mass is 10.0. The Bertz CT molecular complexity index is 247. The van der Waals surface area contributed by atoms with Gasteiger partial charge in [0.05, 0.1) is 25.7 Å². The number of nitrogens with zero attached hydrogens (tertiary/aromatic N) is 1. The molecular weight excluding hydrogens is 180 g/mol. The molecule has 1 heterocycles. The van der Waals surface area contributed by atoms with Crippen molar-refractivity contribution < 1.29 is 9.53 Å². The molecule has 1 aliphatic rings. The molecule has 1 N–H and O–H groups in total. The molecule has 0 aliphatic carbocycles. The van der Waals surface area contributed by atoms with E-state index >= 15 is 0 Å². The number of carbonyl (C=O) groups is 1. The van der Waals surface area contributed by atoms with Crippen molar-refractivity contribution in [1.82, 2.24) is 10.2 Å². The van der Waals surface area contributed by atoms with Crippen molar-refractivity contribution >= 4 is 5.91 Å². The quantitative estimate of drug-likeness (QED) is 0.608. The normalized spacial score (nSPS) is 25.8. The minimum Gasteiger partial charge on any atom is -0.379 e. The Labute approximate surface area is 84.6 Å². The van der Waals surface area contributed by atoms with Gasteiger partial charge in [-0.15, -0.1) is 6.42 Å². The highest BCUT2D eigenvalue weighted by Crippen LogP contribution is 2.15. The summed E-state index contributed by atoms with van der Waals surface area (Å²) in [7, 11) is 3.55. The van der Waals surface area contributed by atoms with Crippen molar-refractivity contribution in [2.75, 3.05) is 33.9 Å². The molecule has 0 aromatic carbocycles. The van der Waals surface area contributed by atoms with Crippen LogP contribution in [0.25, 0.3) is 0 Å². The predicted octanol–water partition coefficient (Wildman–Crippen LogP) is -0.688. The summed E-state index contributed by atoms with van der Waals surface area (Å²) in [5.74, 6) is 2.41. The maximum atomic E-state index is 11.8. The number of carbonyl (C=O) groups excluding carboxylic acids is 1. The third kappa shape index (κ3) is 2.25. The average molecular weight is 196 g/mol. The molecule has 0 spiro atoms. The van der Waals surface area contributed by atoms with Crippen LogP contribution in [-0.4, -0.2) is 50.7 Å². The largest absolute Gasteiger partial charge is 0.379 e. The molecule has 1 rings (SSSR count). The van der Waals surface area contributed by atoms with Gasteiger partial charge in [0.25, 0.3) is 0 Å². The Morgan fingerprint density at radius 2 is 2.43 bits per heavy atom. The van der Waals surface area contributed by atoms with Gasteiger partial charge >= 0.3 is 0 Å². The smallest absolute Gasteiger partial charge is 0.230 e. The molecule has 78 valence electrons. The number of rotatable bonds is 3. The van der Waals surface area contributed by atoms with Gasteiger partial charge in [0, 0.05) is 13.1 Å². The number of hydrogen-bond donors (Lipinski definition) is 1. The summed E-state index contributed by atoms with van der Waals surface area (Å²) in [6.07, 6.45) is 5.14. The topological polar surface area (TPSA) is 41.6 Å². The molecule has 1 saturated heterocycles. The number of terminal acetylenes is 1. The van der Waals surface area contributed by atoms with E-state index in [0.717, 1.165) is 0 Å². The van der Waals surface area contributed by atoms with Gasteiger partial charge in [-0.25, -0.2) is 0 Å². The Morgan fingerprint density at radius 1 is 1.71 bits per heavy atom. The van der Waals surface area contributed by atoms with Crippen molar-refractivity contribution in [3.8, 4) is 12.3 Å². The zero-order valence-electron chi connectivity index (χ0n) is 8.62. The van der Waals surface area contributed by atoms with E-state index in [2.05, 4.69) is 11.2 Å². The minimum atomic E-state index is -0.0988. The minimum absolute atomic E-state index is 0.0554. The van der Waals surface area contributed by atoms with E-state index in [9.17, 15) is 4.79 Å². The van der Waals surface area contributed by atoms with E-state index < -0.39 is 0 Å². The molecule has 4 heteroatoms. The standard InChI is InChI=1S/C10H16N2O2/c1-4-5-12(3)10(13)8-6-14-7-9(8)11-2/h1,8-9,11H,5-7H2,2-3H3. The number of likely N-dealkylation sites (N-methyl/N-ethyl adjacent to an activating group) is 1. The number of amides is 1. The van der Waals surface area contributed by atoms with E-state index in [-0.39, 0.29) is 17.9 Å². The molecule has 1 aliphatic heterocycles. The molecule has 4 nitrogen and oxygen atoms in total. The molecule has 0 aromatic rings. The van der Waals surface area contributed by atoms with Crippen molar-refractivity contribution in [1.29, 1.82) is 0 Å². The van der Waals surface area contributed by atoms with Gasteiger partial charge in [-0.3, -0.25) is 4.79 Å². The first-order valence-electron chi connectivity index (χ1n) is 4.64. The van der Waals surface area contributed by atoms with Crippen LogP contribution in [0.5, 0.6) is 0 Å². The van der Waals surface area contributed by atoms with Crippen molar-refractivity contribution in [2.24, 2.45) is 5.92 Å². The lowest BCUT2D eigenvalue weighted by Crippen LogP contribution is -2.43. The van der Waals surface area contributed by atoms with Gasteiger partial charge in [0.1, 0.15) is 0 Å². The second-order valence-electron chi connectivity index (χ2n) is 3.44. The van der Waals surface area contributed by atoms with E-state index in [1.807, 2.05) is 7.05 Å². The summed E-state index contributed by atoms with van der Waals surface area (Å²) in [5.41, 5.74) is 0. The zero-order valence-corrected chi connectivity index (χ0v) is 8.62. The number of hydrogen-bond acceptors (Lipinski definition) is 3. The monoisotopic (exact) mass is 196 g/mol. The van der Waals surface area contributed by atoms with E-state index in [4.69, 9.17) is 11.2 Å². The van der Waals surface area contributed by atoms with Gasteiger partial charge in [-0.1, -0.05) is 5.92 Å². The van der Waals surface area contributed by atoms with Crippen LogP contribution >= 0.6 is 0 Å². The fourth-order valence-electron chi connectivity index (χ4n) is 1.58. The van der Waals surface area contributed by atoms with Crippen LogP contribution in [-0.2, 0) is 9.53 Å². The molecule has 0 saturated carbocycles. The fraction of sp³-hybridized carbons (Fsp3) is 0.700. The summed E-state index contributed by atoms with van der Waals surface area (Å²) in [6, 6.07) is 0.114. The SMILES string of the molecule is C#CCN(C)C(=O)C1COCC1NC. The highest BCUT2D eigenvalue weighted by atomic mass is 16.5. The van der Waals surface area contributed by atoms with Crippen LogP contribution < -0.4 is 5.32 Å². The van der Waals surface area contributed by atoms with E-state index in [0.29, 0.717) is 19.8 Å². The Kier molecular flexibility index (Phi) is 3.93. The molecule has 1 fully saturated rings. The second kappa shape index (κ2) is 4.99. The third-order valence-corrected chi connectivity index (χ3v) is 2.47. The van der Waals surface area contributed by atoms with E-state index in [1.165, 1.54) is 0 Å². The van der Waals surface area contributed by atoms with Crippen LogP contribution in [0.1, 0.15) is 0 Å². The fourth-order valence-corrected chi connectivity index (χ4v) is 1.58. The lowest BCUT2D eigenvalue weighted by Gasteiger charge is -2.21. The lowest BCUT2D eigenvalue weighted by molar-refractivity contribution is -0.134. The molecule has 0 bridgehead atoms. The summed E-state index contributed by atoms with van der Waals surface area (Å²) in [5, 5.41) is 3.07. The van der Waals surface area contributed by atoms with Gasteiger partial charge in [0.2, 0.25) is 5.91 Å². The van der Waals surface area contributed by atoms with Crippen LogP contribution in [0.4, 0.5) is 0 Å². The third-order valence-electron chi connectivity index (χ3n) is 2.47. The molecule has 2 unspecified atom stereocenters. The van der Waals surface area contributed by atoms with Crippen LogP contribution in [0.15, 0.2) is 0 Å². The molecule has 14 heavy (non-hydrogen) atoms. The summed E-state index contributed by atoms with van der Waals surface area (Å²) in [4.78, 5) is 13.4. The zero-order chi connectivity index (χ0) is 10.6. The average Bonchev–Trinajstić information content (AvgIpc) is 2.64. The Hall–Kier alpha value is -1.05. The number of nitrogens with one attached hydrogen (secondary N) is 1. The maximum absolute atomic E-state index is 11.8. The summed E-state index contributed by atoms with van der Waals surface area (Å²) < 4.78 is 5.25. The first-order valence-corrected chi connectivity index (χ1v) is 4.64. The van der Waals surface area contributed by atoms with Crippen molar-refractivity contribution in [2.45, 2.75) is 6.04 Å². The van der Waals surface area contributed by atoms with Crippen molar-refractivity contribution in [3.05, 3.63) is 0 Å². The maximum Gasteiger partial charge on any atom is 0.230 e.